The molecule has 1 saturated carbocycles. The molecular formula is C28H39N3O7. The van der Waals surface area contributed by atoms with E-state index in [0.29, 0.717) is 44.0 Å². The number of allylic oxidation sites excluding steroid dienone is 4. The first-order valence-corrected chi connectivity index (χ1v) is 12.9. The van der Waals surface area contributed by atoms with Crippen LogP contribution < -0.4 is 0 Å². The van der Waals surface area contributed by atoms with Crippen molar-refractivity contribution in [1.82, 2.24) is 14.7 Å². The number of imide groups is 1. The molecule has 2 rings (SSSR count). The topological polar surface area (TPSA) is 106 Å². The monoisotopic (exact) mass is 529 g/mol. The van der Waals surface area contributed by atoms with Crippen LogP contribution >= 0.6 is 0 Å². The Labute approximate surface area is 224 Å². The standard InChI is InChI=1S/C28H39N3O7/c1-5-22(3)11-10-15-29-26(24-13-14-24)30(28(35)31(27(29)34)16-19-36-21-32)17-20-38-25(33)12-8-7-9-18-37-23(4)6-2/h5-6,21H,1-4,7-20H2. The molecule has 0 unspecified atom stereocenters. The van der Waals surface area contributed by atoms with Gasteiger partial charge in [0.25, 0.3) is 6.47 Å². The molecule has 1 aliphatic carbocycles. The number of unbranched alkanes of at least 4 members (excludes halogenated alkanes) is 2. The number of carbonyl (C=O) groups is 4. The van der Waals surface area contributed by atoms with Crippen molar-refractivity contribution in [2.45, 2.75) is 51.4 Å². The molecule has 0 N–H and O–H groups in total. The van der Waals surface area contributed by atoms with E-state index in [4.69, 9.17) is 14.2 Å². The summed E-state index contributed by atoms with van der Waals surface area (Å²) < 4.78 is 15.5. The lowest BCUT2D eigenvalue weighted by atomic mass is 10.1. The Kier molecular flexibility index (Phi) is 12.9. The molecule has 2 fully saturated rings. The average Bonchev–Trinajstić information content (AvgIpc) is 3.75. The van der Waals surface area contributed by atoms with Crippen molar-refractivity contribution >= 4 is 24.5 Å². The van der Waals surface area contributed by atoms with Crippen molar-refractivity contribution in [3.8, 4) is 0 Å². The van der Waals surface area contributed by atoms with E-state index in [0.717, 1.165) is 41.7 Å². The highest BCUT2D eigenvalue weighted by atomic mass is 16.5. The third-order valence-corrected chi connectivity index (χ3v) is 6.04. The lowest BCUT2D eigenvalue weighted by molar-refractivity contribution is -0.144. The molecule has 2 aliphatic rings. The van der Waals surface area contributed by atoms with Crippen molar-refractivity contribution in [2.75, 3.05) is 39.5 Å². The number of amides is 4. The van der Waals surface area contributed by atoms with Gasteiger partial charge in [0, 0.05) is 13.0 Å². The Bertz CT molecular complexity index is 950. The van der Waals surface area contributed by atoms with Gasteiger partial charge in [0.2, 0.25) is 0 Å². The van der Waals surface area contributed by atoms with Gasteiger partial charge in [-0.3, -0.25) is 19.4 Å². The first kappa shape index (κ1) is 30.4. The molecule has 208 valence electrons. The maximum atomic E-state index is 13.3. The third kappa shape index (κ3) is 9.57. The number of ether oxygens (including phenoxy) is 3. The van der Waals surface area contributed by atoms with Crippen molar-refractivity contribution in [1.29, 1.82) is 0 Å². The van der Waals surface area contributed by atoms with Crippen molar-refractivity contribution < 1.29 is 33.4 Å². The van der Waals surface area contributed by atoms with Gasteiger partial charge >= 0.3 is 18.0 Å². The van der Waals surface area contributed by atoms with E-state index in [1.54, 1.807) is 17.1 Å². The van der Waals surface area contributed by atoms with Gasteiger partial charge < -0.3 is 14.2 Å². The minimum atomic E-state index is -0.525. The number of carbonyl (C=O) groups excluding carboxylic acids is 4. The van der Waals surface area contributed by atoms with Crippen LogP contribution in [0.2, 0.25) is 0 Å². The van der Waals surface area contributed by atoms with Gasteiger partial charge in [0.15, 0.2) is 0 Å². The van der Waals surface area contributed by atoms with E-state index in [9.17, 15) is 19.2 Å². The van der Waals surface area contributed by atoms with Crippen LogP contribution in [0.3, 0.4) is 0 Å². The molecule has 0 aromatic heterocycles. The molecule has 10 nitrogen and oxygen atoms in total. The molecular weight excluding hydrogens is 490 g/mol. The molecule has 0 bridgehead atoms. The zero-order valence-corrected chi connectivity index (χ0v) is 22.2. The van der Waals surface area contributed by atoms with Crippen LogP contribution in [0.15, 0.2) is 61.2 Å². The molecule has 0 radical (unpaired) electrons. The fourth-order valence-electron chi connectivity index (χ4n) is 3.85. The fraction of sp³-hybridized carbons (Fsp3) is 0.500. The SMILES string of the molecule is C=CC(=C)CCCN1C(=O)N(CCOC=O)C(=O)N(CCOC(=O)CCCCCOC(=C)C=C)C1=C1CC1. The van der Waals surface area contributed by atoms with Gasteiger partial charge in [-0.2, -0.15) is 0 Å². The van der Waals surface area contributed by atoms with E-state index < -0.39 is 12.1 Å². The van der Waals surface area contributed by atoms with E-state index in [1.165, 1.54) is 4.90 Å². The van der Waals surface area contributed by atoms with E-state index >= 15 is 0 Å². The number of hydrogen-bond acceptors (Lipinski definition) is 7. The second kappa shape index (κ2) is 16.1. The van der Waals surface area contributed by atoms with Gasteiger partial charge in [-0.25, -0.2) is 14.5 Å². The molecule has 0 atom stereocenters. The Balaban J connectivity index is 1.96. The normalized spacial score (nSPS) is 14.8. The molecule has 0 aromatic carbocycles. The first-order chi connectivity index (χ1) is 18.3. The van der Waals surface area contributed by atoms with E-state index in [-0.39, 0.29) is 45.2 Å². The van der Waals surface area contributed by atoms with Crippen LogP contribution in [0.5, 0.6) is 0 Å². The highest BCUT2D eigenvalue weighted by Gasteiger charge is 2.43. The summed E-state index contributed by atoms with van der Waals surface area (Å²) >= 11 is 0. The first-order valence-electron chi connectivity index (χ1n) is 12.9. The number of urea groups is 2. The molecule has 1 heterocycles. The average molecular weight is 530 g/mol. The zero-order chi connectivity index (χ0) is 27.9. The minimum Gasteiger partial charge on any atom is -0.494 e. The highest BCUT2D eigenvalue weighted by Crippen LogP contribution is 2.37. The fourth-order valence-corrected chi connectivity index (χ4v) is 3.85. The summed E-state index contributed by atoms with van der Waals surface area (Å²) in [5.74, 6) is 0.738. The predicted molar refractivity (Wildman–Crippen MR) is 142 cm³/mol. The zero-order valence-electron chi connectivity index (χ0n) is 22.2. The van der Waals surface area contributed by atoms with Crippen LogP contribution in [0, 0.1) is 0 Å². The maximum Gasteiger partial charge on any atom is 0.334 e. The van der Waals surface area contributed by atoms with Gasteiger partial charge in [-0.15, -0.1) is 0 Å². The minimum absolute atomic E-state index is 0.00238. The van der Waals surface area contributed by atoms with Gasteiger partial charge in [0.05, 0.1) is 19.7 Å². The van der Waals surface area contributed by atoms with Crippen molar-refractivity contribution in [3.05, 3.63) is 61.2 Å². The van der Waals surface area contributed by atoms with Crippen LogP contribution in [-0.2, 0) is 23.8 Å². The molecule has 38 heavy (non-hydrogen) atoms. The largest absolute Gasteiger partial charge is 0.494 e. The Morgan fingerprint density at radius 3 is 2.11 bits per heavy atom. The highest BCUT2D eigenvalue weighted by molar-refractivity contribution is 5.98. The number of rotatable bonds is 20. The van der Waals surface area contributed by atoms with Crippen LogP contribution in [0.25, 0.3) is 0 Å². The second-order valence-corrected chi connectivity index (χ2v) is 8.93. The summed E-state index contributed by atoms with van der Waals surface area (Å²) in [5, 5.41) is 0. The molecule has 0 aromatic rings. The quantitative estimate of drug-likeness (QED) is 0.0742. The smallest absolute Gasteiger partial charge is 0.334 e. The van der Waals surface area contributed by atoms with E-state index in [2.05, 4.69) is 26.3 Å². The van der Waals surface area contributed by atoms with Gasteiger partial charge in [0.1, 0.15) is 24.8 Å². The molecule has 0 spiro atoms. The molecule has 10 heteroatoms. The summed E-state index contributed by atoms with van der Waals surface area (Å²) in [6, 6.07) is -0.986. The summed E-state index contributed by atoms with van der Waals surface area (Å²) in [4.78, 5) is 53.5. The Morgan fingerprint density at radius 1 is 0.789 bits per heavy atom. The Hall–Kier alpha value is -3.82. The molecule has 1 saturated heterocycles. The Morgan fingerprint density at radius 2 is 1.47 bits per heavy atom. The third-order valence-electron chi connectivity index (χ3n) is 6.04. The van der Waals surface area contributed by atoms with Crippen LogP contribution in [0.4, 0.5) is 9.59 Å². The van der Waals surface area contributed by atoms with Gasteiger partial charge in [-0.05, 0) is 56.6 Å². The van der Waals surface area contributed by atoms with E-state index in [1.807, 2.05) is 0 Å². The summed E-state index contributed by atoms with van der Waals surface area (Å²) in [5.41, 5.74) is 1.87. The summed E-state index contributed by atoms with van der Waals surface area (Å²) in [7, 11) is 0. The van der Waals surface area contributed by atoms with Crippen molar-refractivity contribution in [3.63, 3.8) is 0 Å². The number of nitrogens with zero attached hydrogens (tertiary/aromatic N) is 3. The second-order valence-electron chi connectivity index (χ2n) is 8.93. The maximum absolute atomic E-state index is 13.3. The molecule has 1 aliphatic heterocycles. The molecule has 4 amide bonds. The number of esters is 1. The van der Waals surface area contributed by atoms with Crippen LogP contribution in [0.1, 0.15) is 51.4 Å². The number of hydrogen-bond donors (Lipinski definition) is 0. The summed E-state index contributed by atoms with van der Waals surface area (Å²) in [6.07, 6.45) is 8.60. The van der Waals surface area contributed by atoms with Crippen LogP contribution in [-0.4, -0.2) is 78.7 Å². The van der Waals surface area contributed by atoms with Gasteiger partial charge in [-0.1, -0.05) is 38.0 Å². The lowest BCUT2D eigenvalue weighted by Gasteiger charge is -2.42. The lowest BCUT2D eigenvalue weighted by Crippen LogP contribution is -2.60. The summed E-state index contributed by atoms with van der Waals surface area (Å²) in [6.45, 7) is 16.0. The van der Waals surface area contributed by atoms with Crippen molar-refractivity contribution in [2.24, 2.45) is 0 Å². The predicted octanol–water partition coefficient (Wildman–Crippen LogP) is 4.67.